The number of rotatable bonds is 4. The molecule has 0 radical (unpaired) electrons. The molecule has 0 fully saturated rings. The maximum atomic E-state index is 13.4. The molecule has 0 atom stereocenters. The number of sulfonamides is 1. The summed E-state index contributed by atoms with van der Waals surface area (Å²) < 4.78 is 56.4. The molecule has 2 aromatic rings. The number of fused-ring (bicyclic) bond motifs is 1. The van der Waals surface area contributed by atoms with Crippen molar-refractivity contribution < 1.29 is 27.0 Å². The summed E-state index contributed by atoms with van der Waals surface area (Å²) in [5.74, 6) is 0.374. The van der Waals surface area contributed by atoms with E-state index in [1.54, 1.807) is 13.0 Å². The van der Waals surface area contributed by atoms with Gasteiger partial charge in [-0.2, -0.15) is 0 Å². The van der Waals surface area contributed by atoms with Crippen LogP contribution in [0.25, 0.3) is 0 Å². The van der Waals surface area contributed by atoms with Crippen LogP contribution in [0, 0.1) is 12.7 Å². The normalized spacial score (nSPS) is 13.0. The zero-order valence-corrected chi connectivity index (χ0v) is 13.2. The third-order valence-electron chi connectivity index (χ3n) is 3.38. The van der Waals surface area contributed by atoms with Crippen molar-refractivity contribution in [3.8, 4) is 17.2 Å². The maximum Gasteiger partial charge on any atom is 0.265 e. The molecular formula is C15H14FNO5S. The lowest BCUT2D eigenvalue weighted by Gasteiger charge is -2.13. The Morgan fingerprint density at radius 2 is 1.87 bits per heavy atom. The van der Waals surface area contributed by atoms with Crippen molar-refractivity contribution in [2.75, 3.05) is 18.6 Å². The summed E-state index contributed by atoms with van der Waals surface area (Å²) in [5, 5.41) is 0. The van der Waals surface area contributed by atoms with Gasteiger partial charge in [-0.15, -0.1) is 0 Å². The van der Waals surface area contributed by atoms with Crippen LogP contribution in [0.5, 0.6) is 17.2 Å². The zero-order chi connectivity index (χ0) is 16.6. The van der Waals surface area contributed by atoms with Gasteiger partial charge in [0.25, 0.3) is 10.0 Å². The number of methoxy groups -OCH3 is 1. The molecular weight excluding hydrogens is 325 g/mol. The summed E-state index contributed by atoms with van der Waals surface area (Å²) in [6, 6.07) is 6.49. The molecule has 23 heavy (non-hydrogen) atoms. The highest BCUT2D eigenvalue weighted by molar-refractivity contribution is 7.92. The lowest BCUT2D eigenvalue weighted by Crippen LogP contribution is -2.15. The first-order chi connectivity index (χ1) is 10.9. The second-order valence-corrected chi connectivity index (χ2v) is 6.57. The fourth-order valence-corrected chi connectivity index (χ4v) is 3.52. The van der Waals surface area contributed by atoms with Crippen LogP contribution >= 0.6 is 0 Å². The van der Waals surface area contributed by atoms with Crippen LogP contribution < -0.4 is 18.9 Å². The van der Waals surface area contributed by atoms with E-state index in [1.165, 1.54) is 19.2 Å². The summed E-state index contributed by atoms with van der Waals surface area (Å²) in [6.45, 7) is 1.81. The number of hydrogen-bond acceptors (Lipinski definition) is 5. The van der Waals surface area contributed by atoms with Crippen LogP contribution in [0.15, 0.2) is 35.2 Å². The highest BCUT2D eigenvalue weighted by Gasteiger charge is 2.23. The van der Waals surface area contributed by atoms with Crippen LogP contribution in [-0.4, -0.2) is 22.3 Å². The molecule has 0 amide bonds. The quantitative estimate of drug-likeness (QED) is 0.927. The summed E-state index contributed by atoms with van der Waals surface area (Å²) in [7, 11) is -2.71. The molecule has 0 aliphatic carbocycles. The van der Waals surface area contributed by atoms with Crippen LogP contribution in [-0.2, 0) is 10.0 Å². The third kappa shape index (κ3) is 2.89. The molecule has 0 bridgehead atoms. The molecule has 6 nitrogen and oxygen atoms in total. The Balaban J connectivity index is 2.01. The van der Waals surface area contributed by atoms with Crippen molar-refractivity contribution in [3.05, 3.63) is 41.7 Å². The monoisotopic (exact) mass is 339 g/mol. The van der Waals surface area contributed by atoms with Crippen molar-refractivity contribution in [1.82, 2.24) is 0 Å². The number of hydrogen-bond donors (Lipinski definition) is 1. The van der Waals surface area contributed by atoms with Crippen LogP contribution in [0.2, 0.25) is 0 Å². The molecule has 1 N–H and O–H groups in total. The molecule has 0 aromatic heterocycles. The highest BCUT2D eigenvalue weighted by atomic mass is 32.2. The highest BCUT2D eigenvalue weighted by Crippen LogP contribution is 2.37. The summed E-state index contributed by atoms with van der Waals surface area (Å²) in [6.07, 6.45) is 0. The Morgan fingerprint density at radius 3 is 2.57 bits per heavy atom. The van der Waals surface area contributed by atoms with E-state index in [1.807, 2.05) is 0 Å². The molecule has 0 saturated carbocycles. The van der Waals surface area contributed by atoms with Crippen LogP contribution in [0.1, 0.15) is 5.56 Å². The summed E-state index contributed by atoms with van der Waals surface area (Å²) >= 11 is 0. The van der Waals surface area contributed by atoms with Gasteiger partial charge in [0.2, 0.25) is 6.79 Å². The van der Waals surface area contributed by atoms with E-state index in [9.17, 15) is 12.8 Å². The lowest BCUT2D eigenvalue weighted by atomic mass is 10.2. The minimum absolute atomic E-state index is 0.0531. The van der Waals surface area contributed by atoms with E-state index in [2.05, 4.69) is 4.72 Å². The van der Waals surface area contributed by atoms with Crippen molar-refractivity contribution in [3.63, 3.8) is 0 Å². The minimum atomic E-state index is -4.03. The van der Waals surface area contributed by atoms with Crippen molar-refractivity contribution in [2.24, 2.45) is 0 Å². The number of benzene rings is 2. The second-order valence-electron chi connectivity index (χ2n) is 4.92. The van der Waals surface area contributed by atoms with Gasteiger partial charge in [0.15, 0.2) is 11.5 Å². The number of halogens is 1. The molecule has 0 saturated heterocycles. The predicted octanol–water partition coefficient (Wildman–Crippen LogP) is 2.67. The molecule has 3 rings (SSSR count). The number of anilines is 1. The second kappa shape index (κ2) is 5.62. The minimum Gasteiger partial charge on any atom is -0.495 e. The first-order valence-electron chi connectivity index (χ1n) is 6.67. The molecule has 2 aromatic carbocycles. The van der Waals surface area contributed by atoms with Gasteiger partial charge in [-0.1, -0.05) is 0 Å². The standard InChI is InChI=1S/C15H14FNO5S/c1-9-5-13-14(22-8-21-13)7-11(9)17-23(18,19)15-6-10(16)3-4-12(15)20-2/h3-7,17H,8H2,1-2H3. The first-order valence-corrected chi connectivity index (χ1v) is 8.15. The topological polar surface area (TPSA) is 73.9 Å². The Bertz CT molecular complexity index is 866. The smallest absolute Gasteiger partial charge is 0.265 e. The van der Waals surface area contributed by atoms with E-state index >= 15 is 0 Å². The lowest BCUT2D eigenvalue weighted by molar-refractivity contribution is 0.174. The molecule has 122 valence electrons. The van der Waals surface area contributed by atoms with Gasteiger partial charge >= 0.3 is 0 Å². The molecule has 1 aliphatic rings. The van der Waals surface area contributed by atoms with E-state index in [0.717, 1.165) is 12.1 Å². The van der Waals surface area contributed by atoms with Gasteiger partial charge in [0.05, 0.1) is 12.8 Å². The molecule has 1 heterocycles. The molecule has 0 spiro atoms. The van der Waals surface area contributed by atoms with Gasteiger partial charge < -0.3 is 14.2 Å². The predicted molar refractivity (Wildman–Crippen MR) is 81.1 cm³/mol. The average Bonchev–Trinajstić information content (AvgIpc) is 2.94. The number of ether oxygens (including phenoxy) is 3. The Hall–Kier alpha value is -2.48. The van der Waals surface area contributed by atoms with E-state index < -0.39 is 15.8 Å². The van der Waals surface area contributed by atoms with Gasteiger partial charge in [-0.25, -0.2) is 12.8 Å². The first kappa shape index (κ1) is 15.4. The van der Waals surface area contributed by atoms with E-state index in [0.29, 0.717) is 22.7 Å². The fourth-order valence-electron chi connectivity index (χ4n) is 2.21. The number of aryl methyl sites for hydroxylation is 1. The Labute approximate surface area is 132 Å². The fraction of sp³-hybridized carbons (Fsp3) is 0.200. The Kier molecular flexibility index (Phi) is 3.77. The van der Waals surface area contributed by atoms with Gasteiger partial charge in [-0.05, 0) is 36.8 Å². The molecule has 8 heteroatoms. The van der Waals surface area contributed by atoms with Crippen LogP contribution in [0.3, 0.4) is 0 Å². The van der Waals surface area contributed by atoms with Gasteiger partial charge in [0, 0.05) is 6.07 Å². The SMILES string of the molecule is COc1ccc(F)cc1S(=O)(=O)Nc1cc2c(cc1C)OCO2. The molecule has 0 unspecified atom stereocenters. The Morgan fingerprint density at radius 1 is 1.17 bits per heavy atom. The number of nitrogens with one attached hydrogen (secondary N) is 1. The van der Waals surface area contributed by atoms with Crippen LogP contribution in [0.4, 0.5) is 10.1 Å². The molecule has 1 aliphatic heterocycles. The van der Waals surface area contributed by atoms with E-state index in [-0.39, 0.29) is 17.4 Å². The van der Waals surface area contributed by atoms with Gasteiger partial charge in [-0.3, -0.25) is 4.72 Å². The van der Waals surface area contributed by atoms with Crippen molar-refractivity contribution >= 4 is 15.7 Å². The van der Waals surface area contributed by atoms with Crippen molar-refractivity contribution in [1.29, 1.82) is 0 Å². The zero-order valence-electron chi connectivity index (χ0n) is 12.4. The maximum absolute atomic E-state index is 13.4. The average molecular weight is 339 g/mol. The third-order valence-corrected chi connectivity index (χ3v) is 4.77. The van der Waals surface area contributed by atoms with Gasteiger partial charge in [0.1, 0.15) is 16.5 Å². The summed E-state index contributed by atoms with van der Waals surface area (Å²) in [4.78, 5) is -0.280. The van der Waals surface area contributed by atoms with Crippen molar-refractivity contribution in [2.45, 2.75) is 11.8 Å². The van der Waals surface area contributed by atoms with E-state index in [4.69, 9.17) is 14.2 Å². The summed E-state index contributed by atoms with van der Waals surface area (Å²) in [5.41, 5.74) is 0.966. The largest absolute Gasteiger partial charge is 0.495 e.